The van der Waals surface area contributed by atoms with Gasteiger partial charge >= 0.3 is 5.97 Å². The molecule has 1 aromatic carbocycles. The molecule has 2 unspecified atom stereocenters. The van der Waals surface area contributed by atoms with Crippen molar-refractivity contribution in [1.82, 2.24) is 0 Å². The van der Waals surface area contributed by atoms with Crippen LogP contribution in [0.3, 0.4) is 0 Å². The number of rotatable bonds is 5. The van der Waals surface area contributed by atoms with Crippen molar-refractivity contribution >= 4 is 5.97 Å². The molecule has 1 aromatic rings. The minimum atomic E-state index is -0.792. The topological polar surface area (TPSA) is 77.8 Å². The summed E-state index contributed by atoms with van der Waals surface area (Å²) in [4.78, 5) is 11.8. The summed E-state index contributed by atoms with van der Waals surface area (Å²) in [6.07, 6.45) is 8.62. The maximum atomic E-state index is 12.0. The number of hydrogen-bond donors (Lipinski definition) is 3. The summed E-state index contributed by atoms with van der Waals surface area (Å²) >= 11 is 0. The minimum Gasteiger partial charge on any atom is -0.478 e. The Hall–Kier alpha value is -1.39. The van der Waals surface area contributed by atoms with Gasteiger partial charge in [-0.15, -0.1) is 0 Å². The van der Waals surface area contributed by atoms with E-state index in [1.807, 2.05) is 18.2 Å². The maximum absolute atomic E-state index is 12.0. The van der Waals surface area contributed by atoms with E-state index in [1.54, 1.807) is 6.07 Å². The molecule has 6 aliphatic rings. The first kappa shape index (κ1) is 25.6. The zero-order valence-corrected chi connectivity index (χ0v) is 23.7. The SMILES string of the molecule is CC[C@H]1[C@@H](O)[C@@H]2[C@H](CC[C@]3(C)[C@@H]([C@H](C)C4C5C(c6ccccc6C(=O)O)C54)CC[C@@H]23)[C@@]2(C)CC[C@@H](O)C[C@@H]12. The van der Waals surface area contributed by atoms with Crippen molar-refractivity contribution in [2.45, 2.75) is 97.2 Å². The zero-order valence-electron chi connectivity index (χ0n) is 23.7. The van der Waals surface area contributed by atoms with E-state index in [2.05, 4.69) is 27.7 Å². The van der Waals surface area contributed by atoms with Crippen LogP contribution >= 0.6 is 0 Å². The molecule has 4 nitrogen and oxygen atoms in total. The first-order valence-corrected chi connectivity index (χ1v) is 15.8. The Morgan fingerprint density at radius 2 is 1.63 bits per heavy atom. The van der Waals surface area contributed by atoms with Gasteiger partial charge in [0.1, 0.15) is 0 Å². The smallest absolute Gasteiger partial charge is 0.335 e. The van der Waals surface area contributed by atoms with Crippen LogP contribution in [-0.4, -0.2) is 33.5 Å². The highest BCUT2D eigenvalue weighted by Gasteiger charge is 2.76. The molecule has 6 fully saturated rings. The van der Waals surface area contributed by atoms with Gasteiger partial charge in [0, 0.05) is 0 Å². The third-order valence-corrected chi connectivity index (χ3v) is 14.1. The summed E-state index contributed by atoms with van der Waals surface area (Å²) in [6.45, 7) is 9.88. The molecule has 13 atom stereocenters. The molecule has 0 saturated heterocycles. The number of carbonyl (C=O) groups is 1. The first-order chi connectivity index (χ1) is 18.1. The molecule has 0 aliphatic heterocycles. The van der Waals surface area contributed by atoms with Gasteiger partial charge in [-0.1, -0.05) is 52.3 Å². The summed E-state index contributed by atoms with van der Waals surface area (Å²) < 4.78 is 0. The summed E-state index contributed by atoms with van der Waals surface area (Å²) in [7, 11) is 0. The van der Waals surface area contributed by atoms with E-state index in [4.69, 9.17) is 0 Å². The second-order valence-corrected chi connectivity index (χ2v) is 15.1. The van der Waals surface area contributed by atoms with Crippen molar-refractivity contribution in [3.05, 3.63) is 35.4 Å². The fraction of sp³-hybridized carbons (Fsp3) is 0.794. The van der Waals surface area contributed by atoms with E-state index in [9.17, 15) is 20.1 Å². The second kappa shape index (κ2) is 8.56. The first-order valence-electron chi connectivity index (χ1n) is 15.8. The van der Waals surface area contributed by atoms with Gasteiger partial charge in [0.25, 0.3) is 0 Å². The standard InChI is InChI=1S/C34H48O4/c1-5-19-25-16-18(35)12-14-34(25,4)24-13-15-33(3)22(10-11-23(33)28(24)31(19)36)17(2)26-29-27(30(26)29)20-8-6-7-9-21(20)32(37)38/h6-9,17-19,22-31,35-36H,5,10-16H2,1-4H3,(H,37,38)/t17-,18+,19+,22+,23-,24-,25-,26?,27?,28-,29?,30?,31+,33+,34+/m0/s1. The van der Waals surface area contributed by atoms with E-state index in [0.717, 1.165) is 37.2 Å². The van der Waals surface area contributed by atoms with Crippen molar-refractivity contribution < 1.29 is 20.1 Å². The summed E-state index contributed by atoms with van der Waals surface area (Å²) in [5, 5.41) is 32.2. The average Bonchev–Trinajstić information content (AvgIpc) is 3.77. The Balaban J connectivity index is 1.10. The van der Waals surface area contributed by atoms with Gasteiger partial charge in [0.05, 0.1) is 17.8 Å². The number of carboxylic acid groups (broad SMARTS) is 1. The maximum Gasteiger partial charge on any atom is 0.335 e. The number of carboxylic acids is 1. The molecule has 0 aromatic heterocycles. The van der Waals surface area contributed by atoms with Crippen molar-refractivity contribution in [1.29, 1.82) is 0 Å². The molecule has 3 N–H and O–H groups in total. The van der Waals surface area contributed by atoms with Gasteiger partial charge in [-0.2, -0.15) is 0 Å². The van der Waals surface area contributed by atoms with Gasteiger partial charge in [0.2, 0.25) is 0 Å². The predicted molar refractivity (Wildman–Crippen MR) is 148 cm³/mol. The predicted octanol–water partition coefficient (Wildman–Crippen LogP) is 6.61. The molecular formula is C34H48O4. The van der Waals surface area contributed by atoms with Crippen molar-refractivity contribution in [3.8, 4) is 0 Å². The van der Waals surface area contributed by atoms with E-state index in [-0.39, 0.29) is 17.6 Å². The number of benzene rings is 1. The van der Waals surface area contributed by atoms with Gasteiger partial charge in [-0.05, 0) is 133 Å². The zero-order chi connectivity index (χ0) is 26.7. The lowest BCUT2D eigenvalue weighted by atomic mass is 9.41. The van der Waals surface area contributed by atoms with Crippen LogP contribution in [0, 0.1) is 70.0 Å². The molecular weight excluding hydrogens is 472 g/mol. The molecule has 0 spiro atoms. The fourth-order valence-corrected chi connectivity index (χ4v) is 12.3. The highest BCUT2D eigenvalue weighted by molar-refractivity contribution is 5.90. The van der Waals surface area contributed by atoms with Gasteiger partial charge in [0.15, 0.2) is 0 Å². The molecule has 0 radical (unpaired) electrons. The molecule has 0 amide bonds. The number of aliphatic hydroxyl groups is 2. The van der Waals surface area contributed by atoms with Crippen molar-refractivity contribution in [2.75, 3.05) is 0 Å². The van der Waals surface area contributed by atoms with Crippen LogP contribution in [0.25, 0.3) is 0 Å². The normalized spacial score (nSPS) is 53.2. The lowest BCUT2D eigenvalue weighted by Gasteiger charge is -2.64. The van der Waals surface area contributed by atoms with Crippen LogP contribution in [0.1, 0.15) is 101 Å². The largest absolute Gasteiger partial charge is 0.478 e. The van der Waals surface area contributed by atoms with Crippen molar-refractivity contribution in [2.24, 2.45) is 70.0 Å². The van der Waals surface area contributed by atoms with Crippen LogP contribution in [0.15, 0.2) is 24.3 Å². The third-order valence-electron chi connectivity index (χ3n) is 14.1. The summed E-state index contributed by atoms with van der Waals surface area (Å²) in [5.74, 6) is 5.57. The summed E-state index contributed by atoms with van der Waals surface area (Å²) in [6, 6.07) is 7.66. The van der Waals surface area contributed by atoms with Gasteiger partial charge < -0.3 is 15.3 Å². The molecule has 7 rings (SSSR count). The number of aliphatic hydroxyl groups excluding tert-OH is 2. The highest BCUT2D eigenvalue weighted by Crippen LogP contribution is 2.82. The quantitative estimate of drug-likeness (QED) is 0.408. The Labute approximate surface area is 228 Å². The lowest BCUT2D eigenvalue weighted by Crippen LogP contribution is -2.62. The minimum absolute atomic E-state index is 0.187. The fourth-order valence-electron chi connectivity index (χ4n) is 12.3. The average molecular weight is 521 g/mol. The highest BCUT2D eigenvalue weighted by atomic mass is 16.4. The van der Waals surface area contributed by atoms with E-state index in [1.165, 1.54) is 25.7 Å². The van der Waals surface area contributed by atoms with Crippen LogP contribution in [0.5, 0.6) is 0 Å². The Bertz CT molecular complexity index is 1110. The van der Waals surface area contributed by atoms with Crippen LogP contribution in [0.2, 0.25) is 0 Å². The third kappa shape index (κ3) is 3.31. The second-order valence-electron chi connectivity index (χ2n) is 15.1. The Morgan fingerprint density at radius 1 is 0.947 bits per heavy atom. The van der Waals surface area contributed by atoms with Gasteiger partial charge in [-0.25, -0.2) is 4.79 Å². The number of hydrogen-bond acceptors (Lipinski definition) is 3. The summed E-state index contributed by atoms with van der Waals surface area (Å²) in [5.41, 5.74) is 2.13. The van der Waals surface area contributed by atoms with Crippen LogP contribution in [-0.2, 0) is 0 Å². The number of fused-ring (bicyclic) bond motifs is 6. The molecule has 6 saturated carbocycles. The lowest BCUT2D eigenvalue weighted by molar-refractivity contribution is -0.203. The molecule has 208 valence electrons. The molecule has 38 heavy (non-hydrogen) atoms. The van der Waals surface area contributed by atoms with Gasteiger partial charge in [-0.3, -0.25) is 0 Å². The van der Waals surface area contributed by atoms with Crippen molar-refractivity contribution in [3.63, 3.8) is 0 Å². The van der Waals surface area contributed by atoms with E-state index >= 15 is 0 Å². The monoisotopic (exact) mass is 520 g/mol. The van der Waals surface area contributed by atoms with E-state index < -0.39 is 5.97 Å². The Morgan fingerprint density at radius 3 is 2.34 bits per heavy atom. The molecule has 4 heteroatoms. The molecule has 0 bridgehead atoms. The molecule has 0 heterocycles. The molecule has 6 aliphatic carbocycles. The number of aromatic carboxylic acids is 1. The van der Waals surface area contributed by atoms with Crippen LogP contribution in [0.4, 0.5) is 0 Å². The Kier molecular flexibility index (Phi) is 5.76. The van der Waals surface area contributed by atoms with Crippen LogP contribution < -0.4 is 0 Å². The van der Waals surface area contributed by atoms with E-state index in [0.29, 0.717) is 70.2 Å².